The number of ether oxygens (including phenoxy) is 3. The lowest BCUT2D eigenvalue weighted by Crippen LogP contribution is -2.30. The molecule has 0 aliphatic rings. The second-order valence-corrected chi connectivity index (χ2v) is 21.3. The van der Waals surface area contributed by atoms with Gasteiger partial charge in [-0.2, -0.15) is 0 Å². The molecule has 1 atom stereocenters. The van der Waals surface area contributed by atoms with Gasteiger partial charge in [-0.25, -0.2) is 0 Å². The van der Waals surface area contributed by atoms with Crippen LogP contribution < -0.4 is 0 Å². The van der Waals surface area contributed by atoms with Crippen molar-refractivity contribution in [3.05, 3.63) is 48.6 Å². The van der Waals surface area contributed by atoms with Gasteiger partial charge in [0.2, 0.25) is 0 Å². The van der Waals surface area contributed by atoms with Crippen molar-refractivity contribution < 1.29 is 28.6 Å². The molecule has 0 fully saturated rings. The molecule has 0 amide bonds. The van der Waals surface area contributed by atoms with E-state index >= 15 is 0 Å². The second-order valence-electron chi connectivity index (χ2n) is 21.3. The van der Waals surface area contributed by atoms with Gasteiger partial charge in [-0.15, -0.1) is 0 Å². The molecule has 1 unspecified atom stereocenters. The summed E-state index contributed by atoms with van der Waals surface area (Å²) in [5.74, 6) is -0.883. The van der Waals surface area contributed by atoms with Gasteiger partial charge in [-0.1, -0.05) is 288 Å². The molecule has 0 aliphatic heterocycles. The van der Waals surface area contributed by atoms with Gasteiger partial charge in [-0.05, 0) is 77.0 Å². The Morgan fingerprint density at radius 1 is 0.278 bits per heavy atom. The van der Waals surface area contributed by atoms with Gasteiger partial charge in [0.15, 0.2) is 6.10 Å². The first kappa shape index (κ1) is 69.4. The third-order valence-corrected chi connectivity index (χ3v) is 14.1. The molecule has 0 radical (unpaired) electrons. The minimum absolute atomic E-state index is 0.0779. The van der Waals surface area contributed by atoms with Crippen LogP contribution in [0.25, 0.3) is 0 Å². The lowest BCUT2D eigenvalue weighted by molar-refractivity contribution is -0.167. The van der Waals surface area contributed by atoms with E-state index in [0.29, 0.717) is 19.3 Å². The van der Waals surface area contributed by atoms with E-state index in [1.54, 1.807) is 0 Å². The zero-order chi connectivity index (χ0) is 52.2. The average Bonchev–Trinajstić information content (AvgIpc) is 3.38. The van der Waals surface area contributed by atoms with Crippen LogP contribution in [0.5, 0.6) is 0 Å². The van der Waals surface area contributed by atoms with Crippen LogP contribution in [0.3, 0.4) is 0 Å². The summed E-state index contributed by atoms with van der Waals surface area (Å²) in [7, 11) is 0. The maximum atomic E-state index is 12.9. The molecule has 0 saturated heterocycles. The standard InChI is InChI=1S/C66H120O6/c1-4-7-10-13-16-19-22-24-26-28-30-32-34-35-37-39-41-44-47-50-53-56-59-65(68)71-62-63(61-70-64(67)58-55-52-49-46-43-21-18-15-12-9-6-3)72-66(69)60-57-54-51-48-45-42-40-38-36-33-31-29-27-25-23-20-17-14-11-8-5-2/h15,18,23,25,29,31,36,38,63H,4-14,16-17,19-22,24,26-28,30,32-35,37,39-62H2,1-3H3/b18-15-,25-23-,31-29-,38-36-. The van der Waals surface area contributed by atoms with E-state index in [9.17, 15) is 14.4 Å². The molecule has 0 aliphatic carbocycles. The van der Waals surface area contributed by atoms with Gasteiger partial charge in [0.05, 0.1) is 0 Å². The summed E-state index contributed by atoms with van der Waals surface area (Å²) < 4.78 is 16.9. The van der Waals surface area contributed by atoms with Gasteiger partial charge in [0.1, 0.15) is 13.2 Å². The fourth-order valence-corrected chi connectivity index (χ4v) is 9.26. The smallest absolute Gasteiger partial charge is 0.306 e. The predicted octanol–water partition coefficient (Wildman–Crippen LogP) is 21.4. The summed E-state index contributed by atoms with van der Waals surface area (Å²) in [5, 5.41) is 0. The average molecular weight is 1010 g/mol. The van der Waals surface area contributed by atoms with Crippen molar-refractivity contribution in [1.82, 2.24) is 0 Å². The van der Waals surface area contributed by atoms with Crippen molar-refractivity contribution in [2.24, 2.45) is 0 Å². The minimum Gasteiger partial charge on any atom is -0.462 e. The van der Waals surface area contributed by atoms with E-state index < -0.39 is 6.10 Å². The lowest BCUT2D eigenvalue weighted by atomic mass is 10.0. The molecule has 0 spiro atoms. The van der Waals surface area contributed by atoms with Crippen molar-refractivity contribution in [2.75, 3.05) is 13.2 Å². The van der Waals surface area contributed by atoms with Gasteiger partial charge in [0.25, 0.3) is 0 Å². The lowest BCUT2D eigenvalue weighted by Gasteiger charge is -2.18. The molecule has 6 nitrogen and oxygen atoms in total. The summed E-state index contributed by atoms with van der Waals surface area (Å²) in [4.78, 5) is 38.2. The van der Waals surface area contributed by atoms with Gasteiger partial charge < -0.3 is 14.2 Å². The van der Waals surface area contributed by atoms with E-state index in [-0.39, 0.29) is 31.1 Å². The van der Waals surface area contributed by atoms with Gasteiger partial charge >= 0.3 is 17.9 Å². The monoisotopic (exact) mass is 1010 g/mol. The Morgan fingerprint density at radius 3 is 0.833 bits per heavy atom. The summed E-state index contributed by atoms with van der Waals surface area (Å²) >= 11 is 0. The quantitative estimate of drug-likeness (QED) is 0.0261. The van der Waals surface area contributed by atoms with Crippen LogP contribution in [-0.2, 0) is 28.6 Å². The van der Waals surface area contributed by atoms with Crippen LogP contribution in [0.2, 0.25) is 0 Å². The van der Waals surface area contributed by atoms with Crippen LogP contribution in [0.4, 0.5) is 0 Å². The molecule has 0 aromatic rings. The molecule has 0 aromatic carbocycles. The number of esters is 3. The Hall–Kier alpha value is -2.63. The van der Waals surface area contributed by atoms with Crippen LogP contribution in [-0.4, -0.2) is 37.2 Å². The Balaban J connectivity index is 4.28. The summed E-state index contributed by atoms with van der Waals surface area (Å²) in [5.41, 5.74) is 0. The molecular weight excluding hydrogens is 889 g/mol. The third kappa shape index (κ3) is 58.3. The second kappa shape index (κ2) is 60.9. The summed E-state index contributed by atoms with van der Waals surface area (Å²) in [6.07, 6.45) is 75.5. The summed E-state index contributed by atoms with van der Waals surface area (Å²) in [6.45, 7) is 6.62. The molecule has 420 valence electrons. The number of unbranched alkanes of at least 4 members (excludes halogenated alkanes) is 39. The number of allylic oxidation sites excluding steroid dienone is 8. The van der Waals surface area contributed by atoms with E-state index in [1.807, 2.05) is 0 Å². The topological polar surface area (TPSA) is 78.9 Å². The largest absolute Gasteiger partial charge is 0.462 e. The highest BCUT2D eigenvalue weighted by molar-refractivity contribution is 5.71. The molecular formula is C66H120O6. The van der Waals surface area contributed by atoms with Gasteiger partial charge in [-0.3, -0.25) is 14.4 Å². The molecule has 0 saturated carbocycles. The number of carbonyl (C=O) groups excluding carboxylic acids is 3. The van der Waals surface area contributed by atoms with Crippen LogP contribution in [0, 0.1) is 0 Å². The molecule has 0 aromatic heterocycles. The molecule has 72 heavy (non-hydrogen) atoms. The van der Waals surface area contributed by atoms with Crippen molar-refractivity contribution >= 4 is 17.9 Å². The SMILES string of the molecule is CCCC/C=C\CCCCCCCC(=O)OCC(COC(=O)CCCCCCCCCCCCCCCCCCCCCCCC)OC(=O)CCCCCCCC/C=C\C/C=C\C/C=C\CCCCCCC. The fourth-order valence-electron chi connectivity index (χ4n) is 9.26. The fraction of sp³-hybridized carbons (Fsp3) is 0.833. The Kier molecular flexibility index (Phi) is 58.7. The van der Waals surface area contributed by atoms with E-state index in [1.165, 1.54) is 205 Å². The van der Waals surface area contributed by atoms with Crippen LogP contribution in [0.15, 0.2) is 48.6 Å². The van der Waals surface area contributed by atoms with Crippen LogP contribution >= 0.6 is 0 Å². The van der Waals surface area contributed by atoms with Crippen molar-refractivity contribution in [3.8, 4) is 0 Å². The first-order chi connectivity index (χ1) is 35.5. The number of rotatable bonds is 58. The number of carbonyl (C=O) groups is 3. The number of hydrogen-bond donors (Lipinski definition) is 0. The number of hydrogen-bond acceptors (Lipinski definition) is 6. The van der Waals surface area contributed by atoms with Crippen LogP contribution in [0.1, 0.15) is 335 Å². The molecule has 0 heterocycles. The maximum absolute atomic E-state index is 12.9. The van der Waals surface area contributed by atoms with E-state index in [2.05, 4.69) is 69.4 Å². The summed E-state index contributed by atoms with van der Waals surface area (Å²) in [6, 6.07) is 0. The highest BCUT2D eigenvalue weighted by Crippen LogP contribution is 2.17. The first-order valence-corrected chi connectivity index (χ1v) is 31.6. The molecule has 6 heteroatoms. The predicted molar refractivity (Wildman–Crippen MR) is 312 cm³/mol. The normalized spacial score (nSPS) is 12.3. The molecule has 0 rings (SSSR count). The molecule has 0 bridgehead atoms. The van der Waals surface area contributed by atoms with Crippen molar-refractivity contribution in [3.63, 3.8) is 0 Å². The molecule has 0 N–H and O–H groups in total. The third-order valence-electron chi connectivity index (χ3n) is 14.1. The Bertz CT molecular complexity index is 1250. The van der Waals surface area contributed by atoms with E-state index in [4.69, 9.17) is 14.2 Å². The highest BCUT2D eigenvalue weighted by Gasteiger charge is 2.19. The van der Waals surface area contributed by atoms with E-state index in [0.717, 1.165) is 89.9 Å². The zero-order valence-electron chi connectivity index (χ0n) is 48.2. The Labute approximate surface area is 448 Å². The first-order valence-electron chi connectivity index (χ1n) is 31.6. The van der Waals surface area contributed by atoms with Crippen molar-refractivity contribution in [1.29, 1.82) is 0 Å². The minimum atomic E-state index is -0.782. The maximum Gasteiger partial charge on any atom is 0.306 e. The van der Waals surface area contributed by atoms with Crippen molar-refractivity contribution in [2.45, 2.75) is 341 Å². The highest BCUT2D eigenvalue weighted by atomic mass is 16.6. The van der Waals surface area contributed by atoms with Gasteiger partial charge in [0, 0.05) is 19.3 Å². The Morgan fingerprint density at radius 2 is 0.514 bits per heavy atom. The zero-order valence-corrected chi connectivity index (χ0v) is 48.2.